The monoisotopic (exact) mass is 287 g/mol. The minimum Gasteiger partial charge on any atom is -0.376 e. The van der Waals surface area contributed by atoms with Crippen LogP contribution in [0.25, 0.3) is 11.4 Å². The van der Waals surface area contributed by atoms with E-state index in [1.54, 1.807) is 29.1 Å². The smallest absolute Gasteiger partial charge is 0.248 e. The Morgan fingerprint density at radius 2 is 2.14 bits per heavy atom. The Bertz CT molecular complexity index is 617. The lowest BCUT2D eigenvalue weighted by Gasteiger charge is -2.21. The molecule has 1 aliphatic heterocycles. The molecule has 110 valence electrons. The normalized spacial score (nSPS) is 18.6. The third-order valence-corrected chi connectivity index (χ3v) is 3.52. The molecule has 1 fully saturated rings. The van der Waals surface area contributed by atoms with Gasteiger partial charge >= 0.3 is 0 Å². The van der Waals surface area contributed by atoms with Crippen molar-refractivity contribution >= 4 is 5.91 Å². The maximum Gasteiger partial charge on any atom is 0.248 e. The van der Waals surface area contributed by atoms with Gasteiger partial charge in [0.2, 0.25) is 11.7 Å². The van der Waals surface area contributed by atoms with Crippen molar-refractivity contribution in [2.24, 2.45) is 5.73 Å². The average Bonchev–Trinajstić information content (AvgIpc) is 2.97. The number of benzene rings is 1. The van der Waals surface area contributed by atoms with Crippen molar-refractivity contribution in [2.45, 2.75) is 31.9 Å². The van der Waals surface area contributed by atoms with Gasteiger partial charge in [0.25, 0.3) is 0 Å². The molecular weight excluding hydrogens is 270 g/mol. The molecule has 0 aliphatic carbocycles. The van der Waals surface area contributed by atoms with Gasteiger partial charge in [-0.05, 0) is 36.6 Å². The predicted molar refractivity (Wildman–Crippen MR) is 75.4 cm³/mol. The molecule has 1 aromatic carbocycles. The van der Waals surface area contributed by atoms with E-state index in [2.05, 4.69) is 15.4 Å². The van der Waals surface area contributed by atoms with E-state index < -0.39 is 5.91 Å². The topological polar surface area (TPSA) is 95.9 Å². The number of primary amides is 1. The standard InChI is InChI=1S/C14H17N5O2/c15-13(20)10-4-6-11(7-5-10)14-16-18-19(17-14)9-12-3-1-2-8-21-12/h4-7,12H,1-3,8-9H2,(H2,15,20). The molecule has 1 unspecified atom stereocenters. The summed E-state index contributed by atoms with van der Waals surface area (Å²) in [5.74, 6) is 0.0782. The van der Waals surface area contributed by atoms with Crippen molar-refractivity contribution in [1.29, 1.82) is 0 Å². The first-order chi connectivity index (χ1) is 10.2. The van der Waals surface area contributed by atoms with Gasteiger partial charge in [-0.3, -0.25) is 4.79 Å². The van der Waals surface area contributed by atoms with Crippen molar-refractivity contribution in [2.75, 3.05) is 6.61 Å². The van der Waals surface area contributed by atoms with Crippen LogP contribution in [-0.4, -0.2) is 38.8 Å². The van der Waals surface area contributed by atoms with E-state index in [4.69, 9.17) is 10.5 Å². The van der Waals surface area contributed by atoms with Crippen LogP contribution in [0.2, 0.25) is 0 Å². The highest BCUT2D eigenvalue weighted by Gasteiger charge is 2.16. The summed E-state index contributed by atoms with van der Waals surface area (Å²) in [4.78, 5) is 12.6. The van der Waals surface area contributed by atoms with Gasteiger partial charge in [0.05, 0.1) is 12.6 Å². The molecule has 2 aromatic rings. The molecule has 1 aliphatic rings. The fourth-order valence-corrected chi connectivity index (χ4v) is 2.35. The van der Waals surface area contributed by atoms with Crippen LogP contribution in [0, 0.1) is 0 Å². The fourth-order valence-electron chi connectivity index (χ4n) is 2.35. The molecule has 0 radical (unpaired) electrons. The summed E-state index contributed by atoms with van der Waals surface area (Å²) in [7, 11) is 0. The van der Waals surface area contributed by atoms with Gasteiger partial charge in [-0.1, -0.05) is 12.1 Å². The summed E-state index contributed by atoms with van der Waals surface area (Å²) in [5.41, 5.74) is 6.47. The van der Waals surface area contributed by atoms with Crippen molar-refractivity contribution in [3.63, 3.8) is 0 Å². The molecule has 1 saturated heterocycles. The average molecular weight is 287 g/mol. The van der Waals surface area contributed by atoms with Crippen molar-refractivity contribution in [1.82, 2.24) is 20.2 Å². The number of rotatable bonds is 4. The summed E-state index contributed by atoms with van der Waals surface area (Å²) in [6.45, 7) is 1.42. The summed E-state index contributed by atoms with van der Waals surface area (Å²) < 4.78 is 5.66. The van der Waals surface area contributed by atoms with E-state index in [9.17, 15) is 4.79 Å². The lowest BCUT2D eigenvalue weighted by atomic mass is 10.1. The second kappa shape index (κ2) is 6.01. The fraction of sp³-hybridized carbons (Fsp3) is 0.429. The maximum atomic E-state index is 11.0. The highest BCUT2D eigenvalue weighted by Crippen LogP contribution is 2.16. The largest absolute Gasteiger partial charge is 0.376 e. The summed E-state index contributed by atoms with van der Waals surface area (Å²) >= 11 is 0. The molecule has 2 heterocycles. The van der Waals surface area contributed by atoms with Gasteiger partial charge in [-0.25, -0.2) is 0 Å². The lowest BCUT2D eigenvalue weighted by molar-refractivity contribution is 0.00133. The molecule has 0 saturated carbocycles. The van der Waals surface area contributed by atoms with Crippen molar-refractivity contribution < 1.29 is 9.53 Å². The van der Waals surface area contributed by atoms with E-state index >= 15 is 0 Å². The van der Waals surface area contributed by atoms with Crippen molar-refractivity contribution in [3.05, 3.63) is 29.8 Å². The number of nitrogens with zero attached hydrogens (tertiary/aromatic N) is 4. The van der Waals surface area contributed by atoms with Crippen LogP contribution in [0.3, 0.4) is 0 Å². The Labute approximate surface area is 122 Å². The Balaban J connectivity index is 1.70. The number of tetrazole rings is 1. The minimum absolute atomic E-state index is 0.165. The van der Waals surface area contributed by atoms with E-state index in [1.165, 1.54) is 6.42 Å². The van der Waals surface area contributed by atoms with E-state index in [0.29, 0.717) is 17.9 Å². The number of ether oxygens (including phenoxy) is 1. The predicted octanol–water partition coefficient (Wildman–Crippen LogP) is 1.01. The summed E-state index contributed by atoms with van der Waals surface area (Å²) in [6, 6.07) is 6.84. The van der Waals surface area contributed by atoms with Crippen LogP contribution in [0.4, 0.5) is 0 Å². The van der Waals surface area contributed by atoms with Crippen LogP contribution in [0.5, 0.6) is 0 Å². The molecule has 7 heteroatoms. The zero-order valence-corrected chi connectivity index (χ0v) is 11.6. The quantitative estimate of drug-likeness (QED) is 0.905. The first-order valence-electron chi connectivity index (χ1n) is 7.02. The van der Waals surface area contributed by atoms with Gasteiger partial charge in [-0.15, -0.1) is 10.2 Å². The van der Waals surface area contributed by atoms with Crippen LogP contribution in [0.15, 0.2) is 24.3 Å². The van der Waals surface area contributed by atoms with Crippen LogP contribution in [0.1, 0.15) is 29.6 Å². The number of amides is 1. The molecule has 0 bridgehead atoms. The molecule has 7 nitrogen and oxygen atoms in total. The first-order valence-corrected chi connectivity index (χ1v) is 7.02. The zero-order chi connectivity index (χ0) is 14.7. The van der Waals surface area contributed by atoms with Gasteiger partial charge < -0.3 is 10.5 Å². The Hall–Kier alpha value is -2.28. The Morgan fingerprint density at radius 3 is 2.81 bits per heavy atom. The third-order valence-electron chi connectivity index (χ3n) is 3.52. The molecule has 1 amide bonds. The highest BCUT2D eigenvalue weighted by molar-refractivity contribution is 5.93. The van der Waals surface area contributed by atoms with Crippen LogP contribution in [-0.2, 0) is 11.3 Å². The number of nitrogens with two attached hydrogens (primary N) is 1. The molecule has 1 aromatic heterocycles. The van der Waals surface area contributed by atoms with Gasteiger partial charge in [0.15, 0.2) is 0 Å². The number of hydrogen-bond acceptors (Lipinski definition) is 5. The second-order valence-corrected chi connectivity index (χ2v) is 5.10. The van der Waals surface area contributed by atoms with E-state index in [-0.39, 0.29) is 6.10 Å². The number of carbonyl (C=O) groups excluding carboxylic acids is 1. The van der Waals surface area contributed by atoms with Crippen molar-refractivity contribution in [3.8, 4) is 11.4 Å². The summed E-state index contributed by atoms with van der Waals surface area (Å²) in [5, 5.41) is 12.4. The SMILES string of the molecule is NC(=O)c1ccc(-c2nnn(CC3CCCCO3)n2)cc1. The lowest BCUT2D eigenvalue weighted by Crippen LogP contribution is -2.25. The van der Waals surface area contributed by atoms with Crippen LogP contribution >= 0.6 is 0 Å². The molecule has 1 atom stereocenters. The number of carbonyl (C=O) groups is 1. The number of aromatic nitrogens is 4. The Morgan fingerprint density at radius 1 is 1.33 bits per heavy atom. The molecular formula is C14H17N5O2. The van der Waals surface area contributed by atoms with Gasteiger partial charge in [0, 0.05) is 17.7 Å². The summed E-state index contributed by atoms with van der Waals surface area (Å²) in [6.07, 6.45) is 3.50. The zero-order valence-electron chi connectivity index (χ0n) is 11.6. The molecule has 21 heavy (non-hydrogen) atoms. The minimum atomic E-state index is -0.451. The highest BCUT2D eigenvalue weighted by atomic mass is 16.5. The first kappa shape index (κ1) is 13.7. The van der Waals surface area contributed by atoms with Gasteiger partial charge in [-0.2, -0.15) is 4.80 Å². The second-order valence-electron chi connectivity index (χ2n) is 5.10. The Kier molecular flexibility index (Phi) is 3.92. The molecule has 2 N–H and O–H groups in total. The van der Waals surface area contributed by atoms with E-state index in [0.717, 1.165) is 25.0 Å². The maximum absolute atomic E-state index is 11.0. The van der Waals surface area contributed by atoms with Crippen LogP contribution < -0.4 is 5.73 Å². The molecule has 3 rings (SSSR count). The van der Waals surface area contributed by atoms with Gasteiger partial charge in [0.1, 0.15) is 0 Å². The van der Waals surface area contributed by atoms with E-state index in [1.807, 2.05) is 0 Å². The molecule has 0 spiro atoms. The third kappa shape index (κ3) is 3.25. The number of hydrogen-bond donors (Lipinski definition) is 1.